The van der Waals surface area contributed by atoms with E-state index < -0.39 is 10.2 Å². The molecule has 0 radical (unpaired) electrons. The highest BCUT2D eigenvalue weighted by atomic mass is 35.5. The van der Waals surface area contributed by atoms with Crippen LogP contribution in [0, 0.1) is 0 Å². The number of nitrogens with zero attached hydrogens (tertiary/aromatic N) is 1. The molecular formula is C12H14ClN2O3S2+. The van der Waals surface area contributed by atoms with Crippen LogP contribution in [0.4, 0.5) is 5.69 Å². The van der Waals surface area contributed by atoms with Gasteiger partial charge in [-0.15, -0.1) is 0 Å². The number of ether oxygens (including phenoxy) is 1. The van der Waals surface area contributed by atoms with Crippen LogP contribution in [-0.2, 0) is 14.4 Å². The molecule has 2 heterocycles. The summed E-state index contributed by atoms with van der Waals surface area (Å²) < 4.78 is 27.0. The highest BCUT2D eigenvalue weighted by Crippen LogP contribution is 2.38. The van der Waals surface area contributed by atoms with Crippen molar-refractivity contribution in [2.24, 2.45) is 0 Å². The van der Waals surface area contributed by atoms with E-state index in [0.29, 0.717) is 15.9 Å². The molecule has 3 rings (SSSR count). The molecule has 1 aromatic rings. The molecule has 2 aliphatic rings. The van der Waals surface area contributed by atoms with Gasteiger partial charge >= 0.3 is 0 Å². The van der Waals surface area contributed by atoms with E-state index in [9.17, 15) is 8.76 Å². The summed E-state index contributed by atoms with van der Waals surface area (Å²) in [6.07, 6.45) is 0. The summed E-state index contributed by atoms with van der Waals surface area (Å²) in [5.41, 5.74) is 0.724. The van der Waals surface area contributed by atoms with Gasteiger partial charge in [0.2, 0.25) is 10.2 Å². The van der Waals surface area contributed by atoms with E-state index in [2.05, 4.69) is 5.32 Å². The first-order chi connectivity index (χ1) is 9.41. The van der Waals surface area contributed by atoms with E-state index in [1.165, 1.54) is 0 Å². The predicted molar refractivity (Wildman–Crippen MR) is 84.2 cm³/mol. The van der Waals surface area contributed by atoms with E-state index >= 15 is 0 Å². The van der Waals surface area contributed by atoms with Gasteiger partial charge in [-0.25, -0.2) is 0 Å². The maximum atomic E-state index is 11.9. The summed E-state index contributed by atoms with van der Waals surface area (Å²) in [7, 11) is -1.22. The zero-order valence-electron chi connectivity index (χ0n) is 10.7. The largest absolute Gasteiger partial charge is 0.495 e. The van der Waals surface area contributed by atoms with E-state index in [1.807, 2.05) is 4.90 Å². The van der Waals surface area contributed by atoms with Gasteiger partial charge in [0.1, 0.15) is 17.8 Å². The molecule has 3 atom stereocenters. The second kappa shape index (κ2) is 4.84. The number of rotatable bonds is 2. The summed E-state index contributed by atoms with van der Waals surface area (Å²) in [4.78, 5) is 1.84. The molecule has 0 saturated carbocycles. The van der Waals surface area contributed by atoms with E-state index in [-0.39, 0.29) is 23.6 Å². The number of nitrogens with one attached hydrogen (secondary N) is 1. The molecular weight excluding hydrogens is 320 g/mol. The minimum atomic E-state index is -2.79. The Labute approximate surface area is 128 Å². The summed E-state index contributed by atoms with van der Waals surface area (Å²) in [5, 5.41) is 4.21. The van der Waals surface area contributed by atoms with Crippen LogP contribution in [0.5, 0.6) is 5.75 Å². The highest BCUT2D eigenvalue weighted by molar-refractivity contribution is 7.98. The van der Waals surface area contributed by atoms with Crippen LogP contribution in [-0.4, -0.2) is 40.4 Å². The fraction of sp³-hybridized carbons (Fsp3) is 0.417. The van der Waals surface area contributed by atoms with Gasteiger partial charge in [-0.2, -0.15) is 4.55 Å². The molecule has 20 heavy (non-hydrogen) atoms. The lowest BCUT2D eigenvalue weighted by atomic mass is 10.1. The third-order valence-corrected chi connectivity index (χ3v) is 5.89. The molecule has 0 bridgehead atoms. The summed E-state index contributed by atoms with van der Waals surface area (Å²) in [6.45, 7) is 0. The smallest absolute Gasteiger partial charge is 0.218 e. The van der Waals surface area contributed by atoms with Crippen LogP contribution in [0.3, 0.4) is 0 Å². The molecule has 1 unspecified atom stereocenters. The van der Waals surface area contributed by atoms with E-state index in [4.69, 9.17) is 28.6 Å². The first-order valence-electron chi connectivity index (χ1n) is 6.06. The zero-order chi connectivity index (χ0) is 14.5. The first kappa shape index (κ1) is 14.1. The maximum Gasteiger partial charge on any atom is 0.218 e. The average Bonchev–Trinajstić information content (AvgIpc) is 2.79. The minimum absolute atomic E-state index is 0.108. The summed E-state index contributed by atoms with van der Waals surface area (Å²) >= 11 is 11.4. The SMILES string of the molecule is COc1ccc(Cl)cc1N1C(=S)N[C@@H]2C[S+](=O)(O)C[C@@H]21. The maximum absolute atomic E-state index is 11.9. The van der Waals surface area contributed by atoms with Crippen molar-refractivity contribution in [1.82, 2.24) is 5.32 Å². The van der Waals surface area contributed by atoms with Crippen molar-refractivity contribution < 1.29 is 13.5 Å². The number of anilines is 1. The number of halogens is 1. The van der Waals surface area contributed by atoms with Crippen LogP contribution >= 0.6 is 23.8 Å². The third kappa shape index (κ3) is 2.28. The monoisotopic (exact) mass is 333 g/mol. The van der Waals surface area contributed by atoms with Crippen LogP contribution in [0.1, 0.15) is 0 Å². The lowest BCUT2D eigenvalue weighted by Crippen LogP contribution is -2.37. The number of benzene rings is 1. The summed E-state index contributed by atoms with van der Waals surface area (Å²) in [6, 6.07) is 5.00. The van der Waals surface area contributed by atoms with Gasteiger partial charge in [-0.05, 0) is 30.4 Å². The Bertz CT molecular complexity index is 625. The Morgan fingerprint density at radius 1 is 1.55 bits per heavy atom. The molecule has 0 spiro atoms. The van der Waals surface area contributed by atoms with Gasteiger partial charge < -0.3 is 15.0 Å². The minimum Gasteiger partial charge on any atom is -0.495 e. The Morgan fingerprint density at radius 2 is 2.30 bits per heavy atom. The van der Waals surface area contributed by atoms with Gasteiger partial charge in [-0.3, -0.25) is 0 Å². The Morgan fingerprint density at radius 3 is 3.00 bits per heavy atom. The molecule has 0 amide bonds. The number of fused-ring (bicyclic) bond motifs is 1. The molecule has 2 N–H and O–H groups in total. The predicted octanol–water partition coefficient (Wildman–Crippen LogP) is 1.77. The second-order valence-electron chi connectivity index (χ2n) is 4.92. The number of methoxy groups -OCH3 is 1. The van der Waals surface area contributed by atoms with Crippen molar-refractivity contribution in [2.45, 2.75) is 12.1 Å². The van der Waals surface area contributed by atoms with Crippen molar-refractivity contribution in [3.05, 3.63) is 23.2 Å². The standard InChI is InChI=1S/C12H13ClN2O3S2/c1-18-11-3-2-7(13)4-9(11)15-10-6-20(16,17)5-8(10)14-12(15)19/h2-4,8,10H,5-6H2,1H3,(H-,14,16,17,19)/p+1/t8-,10+/m1/s1. The van der Waals surface area contributed by atoms with Crippen molar-refractivity contribution >= 4 is 44.8 Å². The van der Waals surface area contributed by atoms with Crippen molar-refractivity contribution in [1.29, 1.82) is 0 Å². The summed E-state index contributed by atoms with van der Waals surface area (Å²) in [5.74, 6) is 1.05. The molecule has 2 aliphatic heterocycles. The van der Waals surface area contributed by atoms with Crippen molar-refractivity contribution in [3.63, 3.8) is 0 Å². The van der Waals surface area contributed by atoms with Gasteiger partial charge in [0.05, 0.1) is 12.8 Å². The molecule has 2 saturated heterocycles. The fourth-order valence-electron chi connectivity index (χ4n) is 2.75. The van der Waals surface area contributed by atoms with Crippen LogP contribution in [0.2, 0.25) is 5.02 Å². The highest BCUT2D eigenvalue weighted by Gasteiger charge is 2.54. The molecule has 8 heteroatoms. The third-order valence-electron chi connectivity index (χ3n) is 3.60. The normalized spacial score (nSPS) is 32.1. The first-order valence-corrected chi connectivity index (χ1v) is 8.70. The molecule has 108 valence electrons. The van der Waals surface area contributed by atoms with Gasteiger partial charge in [-0.1, -0.05) is 15.8 Å². The molecule has 0 aliphatic carbocycles. The molecule has 1 aromatic carbocycles. The van der Waals surface area contributed by atoms with E-state index in [1.54, 1.807) is 25.3 Å². The lowest BCUT2D eigenvalue weighted by Gasteiger charge is -2.24. The van der Waals surface area contributed by atoms with E-state index in [0.717, 1.165) is 5.69 Å². The average molecular weight is 334 g/mol. The topological polar surface area (TPSA) is 61.8 Å². The van der Waals surface area contributed by atoms with Crippen molar-refractivity contribution in [2.75, 3.05) is 23.5 Å². The van der Waals surface area contributed by atoms with Crippen LogP contribution < -0.4 is 15.0 Å². The number of hydrogen-bond donors (Lipinski definition) is 2. The fourth-order valence-corrected chi connectivity index (χ4v) is 5.22. The Hall–Kier alpha value is -0.890. The van der Waals surface area contributed by atoms with Crippen LogP contribution in [0.25, 0.3) is 0 Å². The Balaban J connectivity index is 2.03. The molecule has 5 nitrogen and oxygen atoms in total. The number of hydrogen-bond acceptors (Lipinski definition) is 3. The molecule has 0 aromatic heterocycles. The van der Waals surface area contributed by atoms with Crippen LogP contribution in [0.15, 0.2) is 18.2 Å². The van der Waals surface area contributed by atoms with Gasteiger partial charge in [0.15, 0.2) is 16.6 Å². The molecule has 2 fully saturated rings. The van der Waals surface area contributed by atoms with Gasteiger partial charge in [0, 0.05) is 5.02 Å². The van der Waals surface area contributed by atoms with Gasteiger partial charge in [0.25, 0.3) is 0 Å². The number of thiocarbonyl (C=S) groups is 1. The quantitative estimate of drug-likeness (QED) is 0.635. The zero-order valence-corrected chi connectivity index (χ0v) is 13.1. The second-order valence-corrected chi connectivity index (χ2v) is 7.95. The lowest BCUT2D eigenvalue weighted by molar-refractivity contribution is 0.415. The van der Waals surface area contributed by atoms with Crippen molar-refractivity contribution in [3.8, 4) is 5.75 Å². The Kier molecular flexibility index (Phi) is 3.40.